The number of para-hydroxylation sites is 2. The van der Waals surface area contributed by atoms with Crippen LogP contribution in [-0.2, 0) is 6.61 Å². The Labute approximate surface area is 171 Å². The van der Waals surface area contributed by atoms with Crippen LogP contribution in [0.2, 0.25) is 0 Å². The average molecular weight is 392 g/mol. The molecule has 1 aromatic heterocycles. The molecule has 1 amide bonds. The largest absolute Gasteiger partial charge is 0.489 e. The van der Waals surface area contributed by atoms with Crippen LogP contribution in [0.15, 0.2) is 59.0 Å². The van der Waals surface area contributed by atoms with Crippen molar-refractivity contribution in [2.45, 2.75) is 38.8 Å². The molecule has 2 heterocycles. The Kier molecular flexibility index (Phi) is 6.15. The molecule has 5 nitrogen and oxygen atoms in total. The summed E-state index contributed by atoms with van der Waals surface area (Å²) in [5, 5.41) is 4.10. The van der Waals surface area contributed by atoms with Crippen LogP contribution in [-0.4, -0.2) is 36.5 Å². The molecule has 0 aliphatic carbocycles. The number of hydrogen-bond donors (Lipinski definition) is 1. The van der Waals surface area contributed by atoms with Gasteiger partial charge in [0.25, 0.3) is 5.91 Å². The fourth-order valence-corrected chi connectivity index (χ4v) is 3.97. The number of likely N-dealkylation sites (tertiary alicyclic amines) is 1. The lowest BCUT2D eigenvalue weighted by Crippen LogP contribution is -2.44. The zero-order chi connectivity index (χ0) is 20.1. The number of rotatable bonds is 7. The molecule has 0 spiro atoms. The minimum Gasteiger partial charge on any atom is -0.489 e. The third-order valence-corrected chi connectivity index (χ3v) is 5.49. The van der Waals surface area contributed by atoms with Crippen molar-refractivity contribution >= 4 is 16.9 Å². The molecule has 1 saturated heterocycles. The van der Waals surface area contributed by atoms with Crippen LogP contribution >= 0.6 is 0 Å². The van der Waals surface area contributed by atoms with Crippen LogP contribution < -0.4 is 10.1 Å². The smallest absolute Gasteiger partial charge is 0.287 e. The van der Waals surface area contributed by atoms with E-state index < -0.39 is 0 Å². The predicted octanol–water partition coefficient (Wildman–Crippen LogP) is 4.62. The number of amides is 1. The van der Waals surface area contributed by atoms with Crippen molar-refractivity contribution in [2.75, 3.05) is 19.6 Å². The molecule has 1 aliphatic rings. The highest BCUT2D eigenvalue weighted by Gasteiger charge is 2.25. The van der Waals surface area contributed by atoms with E-state index in [0.717, 1.165) is 49.2 Å². The van der Waals surface area contributed by atoms with Gasteiger partial charge in [0.05, 0.1) is 0 Å². The molecule has 152 valence electrons. The van der Waals surface area contributed by atoms with Crippen molar-refractivity contribution in [2.24, 2.45) is 0 Å². The Morgan fingerprint density at radius 2 is 1.83 bits per heavy atom. The second-order valence-corrected chi connectivity index (χ2v) is 7.60. The van der Waals surface area contributed by atoms with E-state index in [1.165, 1.54) is 6.42 Å². The number of piperidine rings is 1. The summed E-state index contributed by atoms with van der Waals surface area (Å²) < 4.78 is 11.9. The molecule has 2 aromatic carbocycles. The number of carbonyl (C=O) groups is 1. The van der Waals surface area contributed by atoms with Crippen molar-refractivity contribution in [3.8, 4) is 5.75 Å². The third kappa shape index (κ3) is 4.62. The van der Waals surface area contributed by atoms with E-state index in [9.17, 15) is 4.79 Å². The lowest BCUT2D eigenvalue weighted by atomic mass is 10.0. The highest BCUT2D eigenvalue weighted by Crippen LogP contribution is 2.27. The topological polar surface area (TPSA) is 54.7 Å². The number of hydrogen-bond acceptors (Lipinski definition) is 4. The first kappa shape index (κ1) is 19.5. The first-order valence-electron chi connectivity index (χ1n) is 10.5. The van der Waals surface area contributed by atoms with E-state index in [1.54, 1.807) is 0 Å². The van der Waals surface area contributed by atoms with Gasteiger partial charge in [0.2, 0.25) is 0 Å². The molecule has 4 rings (SSSR count). The molecule has 5 heteroatoms. The first-order valence-corrected chi connectivity index (χ1v) is 10.5. The van der Waals surface area contributed by atoms with Crippen LogP contribution in [0.3, 0.4) is 0 Å². The highest BCUT2D eigenvalue weighted by molar-refractivity contribution is 5.99. The maximum Gasteiger partial charge on any atom is 0.287 e. The Morgan fingerprint density at radius 3 is 2.59 bits per heavy atom. The van der Waals surface area contributed by atoms with Gasteiger partial charge < -0.3 is 19.4 Å². The van der Waals surface area contributed by atoms with Gasteiger partial charge in [-0.25, -0.2) is 0 Å². The Balaban J connectivity index is 1.49. The molecule has 0 radical (unpaired) electrons. The highest BCUT2D eigenvalue weighted by atomic mass is 16.5. The van der Waals surface area contributed by atoms with Crippen molar-refractivity contribution in [1.82, 2.24) is 10.2 Å². The lowest BCUT2D eigenvalue weighted by molar-refractivity contribution is 0.0882. The summed E-state index contributed by atoms with van der Waals surface area (Å²) >= 11 is 0. The second-order valence-electron chi connectivity index (χ2n) is 7.60. The Morgan fingerprint density at radius 1 is 1.10 bits per heavy atom. The van der Waals surface area contributed by atoms with Crippen LogP contribution in [0, 0.1) is 0 Å². The second kappa shape index (κ2) is 9.14. The summed E-state index contributed by atoms with van der Waals surface area (Å²) in [6, 6.07) is 17.6. The Hall–Kier alpha value is -2.79. The zero-order valence-electron chi connectivity index (χ0n) is 16.9. The minimum absolute atomic E-state index is 0.151. The number of nitrogens with zero attached hydrogens (tertiary/aromatic N) is 1. The van der Waals surface area contributed by atoms with Gasteiger partial charge in [-0.15, -0.1) is 0 Å². The lowest BCUT2D eigenvalue weighted by Gasteiger charge is -2.31. The standard InChI is InChI=1S/C24H28N2O3/c1-2-14-26-15-12-18(13-16-26)25-24(27)23-21(17-28-19-8-4-3-5-9-19)20-10-6-7-11-22(20)29-23/h3-11,18H,2,12-17H2,1H3,(H,25,27). The fourth-order valence-electron chi connectivity index (χ4n) is 3.97. The first-order chi connectivity index (χ1) is 14.2. The van der Waals surface area contributed by atoms with Crippen LogP contribution in [0.5, 0.6) is 5.75 Å². The molecule has 0 saturated carbocycles. The van der Waals surface area contributed by atoms with Gasteiger partial charge in [0, 0.05) is 30.1 Å². The molecule has 1 aliphatic heterocycles. The number of nitrogens with one attached hydrogen (secondary N) is 1. The number of carbonyl (C=O) groups excluding carboxylic acids is 1. The third-order valence-electron chi connectivity index (χ3n) is 5.49. The number of benzene rings is 2. The molecule has 0 unspecified atom stereocenters. The number of furan rings is 1. The normalized spacial score (nSPS) is 15.5. The molecule has 1 fully saturated rings. The summed E-state index contributed by atoms with van der Waals surface area (Å²) in [7, 11) is 0. The van der Waals surface area contributed by atoms with E-state index in [1.807, 2.05) is 54.6 Å². The Bertz CT molecular complexity index is 943. The molecule has 0 atom stereocenters. The van der Waals surface area contributed by atoms with Gasteiger partial charge in [-0.2, -0.15) is 0 Å². The van der Waals surface area contributed by atoms with Gasteiger partial charge in [-0.05, 0) is 44.0 Å². The van der Waals surface area contributed by atoms with Gasteiger partial charge >= 0.3 is 0 Å². The van der Waals surface area contributed by atoms with Gasteiger partial charge in [0.1, 0.15) is 17.9 Å². The number of fused-ring (bicyclic) bond motifs is 1. The van der Waals surface area contributed by atoms with E-state index in [0.29, 0.717) is 18.0 Å². The maximum absolute atomic E-state index is 13.0. The van der Waals surface area contributed by atoms with Crippen molar-refractivity contribution < 1.29 is 13.9 Å². The SMILES string of the molecule is CCCN1CCC(NC(=O)c2oc3ccccc3c2COc2ccccc2)CC1. The van der Waals surface area contributed by atoms with E-state index in [2.05, 4.69) is 17.1 Å². The average Bonchev–Trinajstić information content (AvgIpc) is 3.13. The van der Waals surface area contributed by atoms with E-state index >= 15 is 0 Å². The molecule has 29 heavy (non-hydrogen) atoms. The maximum atomic E-state index is 13.0. The van der Waals surface area contributed by atoms with Crippen molar-refractivity contribution in [3.63, 3.8) is 0 Å². The van der Waals surface area contributed by atoms with E-state index in [-0.39, 0.29) is 11.9 Å². The van der Waals surface area contributed by atoms with Crippen molar-refractivity contribution in [3.05, 3.63) is 65.9 Å². The summed E-state index contributed by atoms with van der Waals surface area (Å²) in [6.45, 7) is 5.68. The summed E-state index contributed by atoms with van der Waals surface area (Å²) in [4.78, 5) is 15.5. The van der Waals surface area contributed by atoms with Crippen LogP contribution in [0.25, 0.3) is 11.0 Å². The molecular weight excluding hydrogens is 364 g/mol. The van der Waals surface area contributed by atoms with Crippen molar-refractivity contribution in [1.29, 1.82) is 0 Å². The fraction of sp³-hybridized carbons (Fsp3) is 0.375. The van der Waals surface area contributed by atoms with Crippen LogP contribution in [0.1, 0.15) is 42.3 Å². The quantitative estimate of drug-likeness (QED) is 0.638. The summed E-state index contributed by atoms with van der Waals surface area (Å²) in [6.07, 6.45) is 3.12. The number of ether oxygens (including phenoxy) is 1. The molecular formula is C24H28N2O3. The molecule has 1 N–H and O–H groups in total. The predicted molar refractivity (Wildman–Crippen MR) is 114 cm³/mol. The van der Waals surface area contributed by atoms with Crippen LogP contribution in [0.4, 0.5) is 0 Å². The summed E-state index contributed by atoms with van der Waals surface area (Å²) in [5.74, 6) is 0.979. The zero-order valence-corrected chi connectivity index (χ0v) is 16.9. The minimum atomic E-state index is -0.151. The van der Waals surface area contributed by atoms with E-state index in [4.69, 9.17) is 9.15 Å². The summed E-state index contributed by atoms with van der Waals surface area (Å²) in [5.41, 5.74) is 1.51. The molecule has 3 aromatic rings. The molecule has 0 bridgehead atoms. The van der Waals surface area contributed by atoms with Gasteiger partial charge in [-0.1, -0.05) is 43.3 Å². The van der Waals surface area contributed by atoms with Gasteiger partial charge in [0.15, 0.2) is 5.76 Å². The monoisotopic (exact) mass is 392 g/mol. The van der Waals surface area contributed by atoms with Gasteiger partial charge in [-0.3, -0.25) is 4.79 Å².